The van der Waals surface area contributed by atoms with Crippen molar-refractivity contribution in [1.82, 2.24) is 0 Å². The Hall–Kier alpha value is 0.406. The summed E-state index contributed by atoms with van der Waals surface area (Å²) in [6.45, 7) is 2.89. The van der Waals surface area contributed by atoms with Crippen molar-refractivity contribution < 1.29 is 19.8 Å². The average molecular weight is 235 g/mol. The third-order valence-corrected chi connectivity index (χ3v) is 1.10. The SMILES string of the molecule is CC(S)C(=O)[O-].CC(S)C(=O)[O-].[Mg+2]. The molecule has 13 heavy (non-hydrogen) atoms. The number of hydrogen-bond acceptors (Lipinski definition) is 6. The van der Waals surface area contributed by atoms with Crippen LogP contribution in [0, 0.1) is 0 Å². The van der Waals surface area contributed by atoms with Crippen molar-refractivity contribution in [3.8, 4) is 0 Å². The van der Waals surface area contributed by atoms with Crippen molar-refractivity contribution in [1.29, 1.82) is 0 Å². The minimum absolute atomic E-state index is 0. The van der Waals surface area contributed by atoms with Crippen molar-refractivity contribution in [2.75, 3.05) is 0 Å². The number of carboxylic acid groups (broad SMARTS) is 2. The molecule has 2 atom stereocenters. The molecule has 0 aromatic carbocycles. The van der Waals surface area contributed by atoms with Crippen molar-refractivity contribution in [2.45, 2.75) is 24.3 Å². The van der Waals surface area contributed by atoms with Crippen LogP contribution < -0.4 is 10.2 Å². The van der Waals surface area contributed by atoms with Crippen LogP contribution in [0.5, 0.6) is 0 Å². The Balaban J connectivity index is -0.000000143. The van der Waals surface area contributed by atoms with Gasteiger partial charge in [-0.15, -0.1) is 0 Å². The zero-order valence-corrected chi connectivity index (χ0v) is 10.6. The van der Waals surface area contributed by atoms with E-state index in [-0.39, 0.29) is 23.1 Å². The van der Waals surface area contributed by atoms with Crippen LogP contribution in [-0.2, 0) is 9.59 Å². The average Bonchev–Trinajstić information content (AvgIpc) is 1.88. The summed E-state index contributed by atoms with van der Waals surface area (Å²) in [6.07, 6.45) is 0. The van der Waals surface area contributed by atoms with Gasteiger partial charge in [0.05, 0.1) is 11.9 Å². The summed E-state index contributed by atoms with van der Waals surface area (Å²) in [7, 11) is 0. The summed E-state index contributed by atoms with van der Waals surface area (Å²) < 4.78 is 0. The Morgan fingerprint density at radius 1 is 1.00 bits per heavy atom. The normalized spacial score (nSPS) is 12.6. The van der Waals surface area contributed by atoms with Crippen LogP contribution in [-0.4, -0.2) is 45.5 Å². The molecule has 0 saturated carbocycles. The number of carboxylic acids is 2. The molecule has 0 heterocycles. The largest absolute Gasteiger partial charge is 2.00 e. The Morgan fingerprint density at radius 3 is 1.08 bits per heavy atom. The maximum absolute atomic E-state index is 9.51. The van der Waals surface area contributed by atoms with Crippen LogP contribution >= 0.6 is 25.3 Å². The number of thiol groups is 2. The van der Waals surface area contributed by atoms with Gasteiger partial charge in [-0.25, -0.2) is 0 Å². The van der Waals surface area contributed by atoms with E-state index in [2.05, 4.69) is 25.3 Å². The fraction of sp³-hybridized carbons (Fsp3) is 0.667. The van der Waals surface area contributed by atoms with Crippen molar-refractivity contribution in [2.24, 2.45) is 0 Å². The molecule has 7 heteroatoms. The van der Waals surface area contributed by atoms with Gasteiger partial charge >= 0.3 is 23.1 Å². The van der Waals surface area contributed by atoms with Crippen LogP contribution in [0.2, 0.25) is 0 Å². The standard InChI is InChI=1S/2C3H6O2S.Mg/c2*1-2(6)3(4)5;/h2*2,6H,1H3,(H,4,5);/q;;+2/p-2. The van der Waals surface area contributed by atoms with Crippen molar-refractivity contribution in [3.05, 3.63) is 0 Å². The molecule has 0 fully saturated rings. The molecule has 0 radical (unpaired) electrons. The molecule has 0 aliphatic carbocycles. The van der Waals surface area contributed by atoms with Crippen molar-refractivity contribution in [3.63, 3.8) is 0 Å². The van der Waals surface area contributed by atoms with E-state index < -0.39 is 22.4 Å². The summed E-state index contributed by atoms with van der Waals surface area (Å²) in [4.78, 5) is 19.0. The van der Waals surface area contributed by atoms with E-state index in [1.54, 1.807) is 0 Å². The van der Waals surface area contributed by atoms with Crippen LogP contribution in [0.3, 0.4) is 0 Å². The minimum Gasteiger partial charge on any atom is -0.549 e. The van der Waals surface area contributed by atoms with Crippen LogP contribution in [0.1, 0.15) is 13.8 Å². The van der Waals surface area contributed by atoms with E-state index in [1.807, 2.05) is 0 Å². The fourth-order valence-electron chi connectivity index (χ4n) is 0. The molecule has 0 bridgehead atoms. The molecule has 0 spiro atoms. The maximum atomic E-state index is 9.51. The summed E-state index contributed by atoms with van der Waals surface area (Å²) in [5.41, 5.74) is 0. The van der Waals surface area contributed by atoms with Gasteiger partial charge in [-0.1, -0.05) is 0 Å². The second-order valence-corrected chi connectivity index (χ2v) is 3.54. The third-order valence-electron chi connectivity index (χ3n) is 0.682. The summed E-state index contributed by atoms with van der Waals surface area (Å²) in [5.74, 6) is -2.25. The smallest absolute Gasteiger partial charge is 0.549 e. The van der Waals surface area contributed by atoms with Gasteiger partial charge in [0.15, 0.2) is 0 Å². The zero-order chi connectivity index (χ0) is 10.3. The monoisotopic (exact) mass is 234 g/mol. The summed E-state index contributed by atoms with van der Waals surface area (Å²) in [5, 5.41) is 17.7. The molecule has 0 amide bonds. The Bertz CT molecular complexity index is 143. The molecular formula is C6H10MgO4S2. The van der Waals surface area contributed by atoms with Crippen molar-refractivity contribution >= 4 is 60.2 Å². The number of aliphatic carboxylic acids is 2. The second-order valence-electron chi connectivity index (χ2n) is 1.99. The van der Waals surface area contributed by atoms with Gasteiger partial charge in [-0.3, -0.25) is 0 Å². The molecule has 0 N–H and O–H groups in total. The first-order valence-corrected chi connectivity index (χ1v) is 4.10. The van der Waals surface area contributed by atoms with E-state index in [9.17, 15) is 19.8 Å². The molecule has 0 aromatic rings. The van der Waals surface area contributed by atoms with Gasteiger partial charge in [-0.2, -0.15) is 25.3 Å². The molecule has 0 aliphatic heterocycles. The third kappa shape index (κ3) is 19.0. The topological polar surface area (TPSA) is 80.3 Å². The molecule has 0 aromatic heterocycles. The Kier molecular flexibility index (Phi) is 15.4. The quantitative estimate of drug-likeness (QED) is 0.417. The van der Waals surface area contributed by atoms with E-state index in [1.165, 1.54) is 13.8 Å². The van der Waals surface area contributed by atoms with Crippen LogP contribution in [0.15, 0.2) is 0 Å². The van der Waals surface area contributed by atoms with E-state index in [0.717, 1.165) is 0 Å². The summed E-state index contributed by atoms with van der Waals surface area (Å²) in [6, 6.07) is 0. The van der Waals surface area contributed by atoms with E-state index in [4.69, 9.17) is 0 Å². The predicted octanol–water partition coefficient (Wildman–Crippen LogP) is -2.27. The first kappa shape index (κ1) is 19.1. The number of carbonyl (C=O) groups is 2. The van der Waals surface area contributed by atoms with Gasteiger partial charge < -0.3 is 19.8 Å². The fourth-order valence-corrected chi connectivity index (χ4v) is 0. The summed E-state index contributed by atoms with van der Waals surface area (Å²) >= 11 is 7.06. The van der Waals surface area contributed by atoms with E-state index >= 15 is 0 Å². The number of hydrogen-bond donors (Lipinski definition) is 2. The molecule has 0 aliphatic rings. The maximum Gasteiger partial charge on any atom is 2.00 e. The van der Waals surface area contributed by atoms with Gasteiger partial charge in [0.2, 0.25) is 0 Å². The molecule has 4 nitrogen and oxygen atoms in total. The molecule has 2 unspecified atom stereocenters. The van der Waals surface area contributed by atoms with Gasteiger partial charge in [0.25, 0.3) is 0 Å². The Morgan fingerprint density at radius 2 is 1.08 bits per heavy atom. The van der Waals surface area contributed by atoms with Gasteiger partial charge in [0.1, 0.15) is 0 Å². The van der Waals surface area contributed by atoms with Gasteiger partial charge in [-0.05, 0) is 13.8 Å². The molecule has 0 saturated heterocycles. The van der Waals surface area contributed by atoms with Crippen LogP contribution in [0.4, 0.5) is 0 Å². The van der Waals surface area contributed by atoms with Crippen LogP contribution in [0.25, 0.3) is 0 Å². The van der Waals surface area contributed by atoms with Gasteiger partial charge in [0, 0.05) is 10.5 Å². The first-order valence-electron chi connectivity index (χ1n) is 3.06. The molecule has 72 valence electrons. The first-order chi connectivity index (χ1) is 5.29. The number of carbonyl (C=O) groups excluding carboxylic acids is 2. The van der Waals surface area contributed by atoms with E-state index in [0.29, 0.717) is 0 Å². The Labute approximate surface area is 104 Å². The molecular weight excluding hydrogens is 225 g/mol. The molecule has 0 rings (SSSR count). The second kappa shape index (κ2) is 10.5. The minimum atomic E-state index is -1.13. The number of rotatable bonds is 2. The zero-order valence-electron chi connectivity index (χ0n) is 7.39. The predicted molar refractivity (Wildman–Crippen MR) is 52.7 cm³/mol.